The fourth-order valence-electron chi connectivity index (χ4n) is 3.63. The van der Waals surface area contributed by atoms with Gasteiger partial charge in [-0.25, -0.2) is 9.97 Å². The van der Waals surface area contributed by atoms with E-state index >= 15 is 0 Å². The molecule has 3 aliphatic rings. The van der Waals surface area contributed by atoms with Gasteiger partial charge in [-0.2, -0.15) is 0 Å². The molecule has 4 heterocycles. The molecule has 1 aromatic carbocycles. The molecule has 3 fully saturated rings. The van der Waals surface area contributed by atoms with Crippen molar-refractivity contribution in [3.05, 3.63) is 42.2 Å². The molecule has 0 radical (unpaired) electrons. The lowest BCUT2D eigenvalue weighted by Gasteiger charge is -2.31. The molecule has 5 rings (SSSR count). The van der Waals surface area contributed by atoms with E-state index in [0.717, 1.165) is 37.9 Å². The lowest BCUT2D eigenvalue weighted by atomic mass is 10.1. The van der Waals surface area contributed by atoms with Gasteiger partial charge in [0.25, 0.3) is 5.91 Å². The minimum atomic E-state index is -0.190. The van der Waals surface area contributed by atoms with Gasteiger partial charge in [0.15, 0.2) is 0 Å². The van der Waals surface area contributed by atoms with E-state index in [1.165, 1.54) is 12.8 Å². The van der Waals surface area contributed by atoms with Crippen LogP contribution in [-0.4, -0.2) is 60.1 Å². The Labute approximate surface area is 153 Å². The van der Waals surface area contributed by atoms with E-state index in [0.29, 0.717) is 17.3 Å². The van der Waals surface area contributed by atoms with Crippen molar-refractivity contribution in [2.75, 3.05) is 43.5 Å². The third-order valence-electron chi connectivity index (χ3n) is 5.16. The van der Waals surface area contributed by atoms with Crippen LogP contribution in [0.4, 0.5) is 11.6 Å². The number of benzene rings is 1. The van der Waals surface area contributed by atoms with Crippen LogP contribution in [0.15, 0.2) is 36.7 Å². The number of piperidine rings is 1. The highest BCUT2D eigenvalue weighted by atomic mass is 16.5. The van der Waals surface area contributed by atoms with Gasteiger partial charge in [0.05, 0.1) is 25.2 Å². The zero-order chi connectivity index (χ0) is 17.9. The molecule has 3 saturated heterocycles. The fourth-order valence-corrected chi connectivity index (χ4v) is 3.63. The summed E-state index contributed by atoms with van der Waals surface area (Å²) < 4.78 is 5.11. The van der Waals surface area contributed by atoms with E-state index in [4.69, 9.17) is 4.74 Å². The molecular formula is C19H23N5O2. The summed E-state index contributed by atoms with van der Waals surface area (Å²) >= 11 is 0. The number of anilines is 2. The number of rotatable bonds is 4. The van der Waals surface area contributed by atoms with E-state index in [2.05, 4.69) is 25.1 Å². The standard InChI is InChI=1S/C19H23N5O2/c1-26-17-4-2-14(3-5-17)18(25)22-15-12-20-19(21-13-15)24-11-10-23-8-6-16(24)7-9-23/h2-5,12-13,16H,6-11H2,1H3,(H,22,25). The number of aromatic nitrogens is 2. The zero-order valence-electron chi connectivity index (χ0n) is 14.9. The number of ether oxygens (including phenoxy) is 1. The quantitative estimate of drug-likeness (QED) is 0.907. The molecular weight excluding hydrogens is 330 g/mol. The number of methoxy groups -OCH3 is 1. The Balaban J connectivity index is 1.43. The van der Waals surface area contributed by atoms with Gasteiger partial charge in [-0.05, 0) is 37.1 Å². The average Bonchev–Trinajstić information content (AvgIpc) is 3.02. The van der Waals surface area contributed by atoms with Crippen molar-refractivity contribution in [1.29, 1.82) is 0 Å². The molecule has 1 aromatic heterocycles. The number of fused-ring (bicyclic) bond motifs is 4. The average molecular weight is 353 g/mol. The highest BCUT2D eigenvalue weighted by molar-refractivity contribution is 6.04. The van der Waals surface area contributed by atoms with Crippen molar-refractivity contribution in [3.8, 4) is 5.75 Å². The molecule has 0 unspecified atom stereocenters. The van der Waals surface area contributed by atoms with Gasteiger partial charge in [-0.1, -0.05) is 0 Å². The second kappa shape index (κ2) is 7.29. The summed E-state index contributed by atoms with van der Waals surface area (Å²) in [5.74, 6) is 1.28. The van der Waals surface area contributed by atoms with Crippen LogP contribution < -0.4 is 15.0 Å². The first-order valence-electron chi connectivity index (χ1n) is 8.99. The number of hydrogen-bond acceptors (Lipinski definition) is 6. The van der Waals surface area contributed by atoms with Gasteiger partial charge in [-0.3, -0.25) is 4.79 Å². The van der Waals surface area contributed by atoms with Crippen molar-refractivity contribution >= 4 is 17.5 Å². The highest BCUT2D eigenvalue weighted by Crippen LogP contribution is 2.24. The Bertz CT molecular complexity index is 755. The van der Waals surface area contributed by atoms with E-state index in [1.807, 2.05) is 0 Å². The van der Waals surface area contributed by atoms with E-state index in [-0.39, 0.29) is 5.91 Å². The number of nitrogens with one attached hydrogen (secondary N) is 1. The molecule has 0 saturated carbocycles. The lowest BCUT2D eigenvalue weighted by molar-refractivity contribution is 0.102. The van der Waals surface area contributed by atoms with Gasteiger partial charge >= 0.3 is 0 Å². The molecule has 2 bridgehead atoms. The highest BCUT2D eigenvalue weighted by Gasteiger charge is 2.30. The minimum Gasteiger partial charge on any atom is -0.497 e. The van der Waals surface area contributed by atoms with Crippen molar-refractivity contribution in [2.24, 2.45) is 0 Å². The maximum atomic E-state index is 12.3. The summed E-state index contributed by atoms with van der Waals surface area (Å²) in [7, 11) is 1.60. The van der Waals surface area contributed by atoms with Gasteiger partial charge in [0, 0.05) is 37.8 Å². The van der Waals surface area contributed by atoms with Crippen molar-refractivity contribution in [1.82, 2.24) is 14.9 Å². The summed E-state index contributed by atoms with van der Waals surface area (Å²) in [6.45, 7) is 4.35. The van der Waals surface area contributed by atoms with Crippen LogP contribution >= 0.6 is 0 Å². The van der Waals surface area contributed by atoms with Crippen molar-refractivity contribution in [3.63, 3.8) is 0 Å². The molecule has 7 heteroatoms. The molecule has 0 spiro atoms. The summed E-state index contributed by atoms with van der Waals surface area (Å²) in [6.07, 6.45) is 5.70. The molecule has 0 atom stereocenters. The summed E-state index contributed by atoms with van der Waals surface area (Å²) in [5.41, 5.74) is 1.16. The van der Waals surface area contributed by atoms with E-state index < -0.39 is 0 Å². The number of carbonyl (C=O) groups is 1. The fraction of sp³-hybridized carbons (Fsp3) is 0.421. The van der Waals surface area contributed by atoms with Crippen LogP contribution in [0.2, 0.25) is 0 Å². The third-order valence-corrected chi connectivity index (χ3v) is 5.16. The molecule has 7 nitrogen and oxygen atoms in total. The SMILES string of the molecule is COc1ccc(C(=O)Nc2cnc(N3CCN4CCC3CC4)nc2)cc1. The van der Waals surface area contributed by atoms with Crippen molar-refractivity contribution in [2.45, 2.75) is 18.9 Å². The number of carbonyl (C=O) groups excluding carboxylic acids is 1. The predicted octanol–water partition coefficient (Wildman–Crippen LogP) is 2.02. The first-order chi connectivity index (χ1) is 12.7. The molecule has 26 heavy (non-hydrogen) atoms. The number of amides is 1. The second-order valence-electron chi connectivity index (χ2n) is 6.72. The van der Waals surface area contributed by atoms with Gasteiger partial charge < -0.3 is 19.9 Å². The Morgan fingerprint density at radius 1 is 1.08 bits per heavy atom. The van der Waals surface area contributed by atoms with Crippen molar-refractivity contribution < 1.29 is 9.53 Å². The molecule has 0 aliphatic carbocycles. The zero-order valence-corrected chi connectivity index (χ0v) is 14.9. The predicted molar refractivity (Wildman–Crippen MR) is 99.8 cm³/mol. The number of nitrogens with zero attached hydrogens (tertiary/aromatic N) is 4. The second-order valence-corrected chi connectivity index (χ2v) is 6.72. The van der Waals surface area contributed by atoms with E-state index in [1.54, 1.807) is 43.8 Å². The molecule has 136 valence electrons. The van der Waals surface area contributed by atoms with Crippen LogP contribution in [0, 0.1) is 0 Å². The summed E-state index contributed by atoms with van der Waals surface area (Å²) in [6, 6.07) is 7.50. The lowest BCUT2D eigenvalue weighted by Crippen LogP contribution is -2.38. The number of hydrogen-bond donors (Lipinski definition) is 1. The molecule has 1 N–H and O–H groups in total. The first kappa shape index (κ1) is 16.8. The maximum absolute atomic E-state index is 12.3. The van der Waals surface area contributed by atoms with Crippen LogP contribution in [0.5, 0.6) is 5.75 Å². The molecule has 3 aliphatic heterocycles. The van der Waals surface area contributed by atoms with Crippen LogP contribution in [-0.2, 0) is 0 Å². The Morgan fingerprint density at radius 3 is 2.42 bits per heavy atom. The van der Waals surface area contributed by atoms with Gasteiger partial charge in [-0.15, -0.1) is 0 Å². The topological polar surface area (TPSA) is 70.6 Å². The minimum absolute atomic E-state index is 0.190. The van der Waals surface area contributed by atoms with Crippen LogP contribution in [0.3, 0.4) is 0 Å². The van der Waals surface area contributed by atoms with Crippen LogP contribution in [0.25, 0.3) is 0 Å². The van der Waals surface area contributed by atoms with Crippen LogP contribution in [0.1, 0.15) is 23.2 Å². The van der Waals surface area contributed by atoms with Gasteiger partial charge in [0.1, 0.15) is 5.75 Å². The van der Waals surface area contributed by atoms with E-state index in [9.17, 15) is 4.79 Å². The van der Waals surface area contributed by atoms with Gasteiger partial charge in [0.2, 0.25) is 5.95 Å². The summed E-state index contributed by atoms with van der Waals surface area (Å²) in [4.78, 5) is 26.1. The normalized spacial score (nSPS) is 22.0. The first-order valence-corrected chi connectivity index (χ1v) is 8.99. The Kier molecular flexibility index (Phi) is 4.71. The Hall–Kier alpha value is -2.67. The third kappa shape index (κ3) is 3.48. The summed E-state index contributed by atoms with van der Waals surface area (Å²) in [5, 5.41) is 2.84. The monoisotopic (exact) mass is 353 g/mol. The molecule has 1 amide bonds. The largest absolute Gasteiger partial charge is 0.497 e. The maximum Gasteiger partial charge on any atom is 0.255 e. The smallest absolute Gasteiger partial charge is 0.255 e. The molecule has 2 aromatic rings. The Morgan fingerprint density at radius 2 is 1.77 bits per heavy atom.